The minimum Gasteiger partial charge on any atom is -0.481 e. The van der Waals surface area contributed by atoms with Crippen molar-refractivity contribution in [3.63, 3.8) is 0 Å². The fourth-order valence-corrected chi connectivity index (χ4v) is 2.61. The van der Waals surface area contributed by atoms with Gasteiger partial charge in [-0.25, -0.2) is 0 Å². The zero-order valence-corrected chi connectivity index (χ0v) is 11.5. The zero-order chi connectivity index (χ0) is 14.0. The molecule has 0 bridgehead atoms. The molecule has 0 aromatic rings. The maximum Gasteiger partial charge on any atom is 0.339 e. The number of hydrogen-bond donors (Lipinski definition) is 4. The molecule has 0 aliphatic carbocycles. The lowest BCUT2D eigenvalue weighted by atomic mass is 10.1. The van der Waals surface area contributed by atoms with Gasteiger partial charge in [0.25, 0.3) is 0 Å². The Labute approximate surface area is 108 Å². The van der Waals surface area contributed by atoms with Gasteiger partial charge in [0.2, 0.25) is 0 Å². The van der Waals surface area contributed by atoms with E-state index in [1.54, 1.807) is 0 Å². The van der Waals surface area contributed by atoms with Crippen LogP contribution in [0, 0.1) is 0 Å². The van der Waals surface area contributed by atoms with E-state index in [1.165, 1.54) is 0 Å². The zero-order valence-electron chi connectivity index (χ0n) is 10.6. The highest BCUT2D eigenvalue weighted by molar-refractivity contribution is 7.53. The van der Waals surface area contributed by atoms with E-state index in [9.17, 15) is 9.36 Å². The number of nitrogens with two attached hydrogens (primary N) is 1. The summed E-state index contributed by atoms with van der Waals surface area (Å²) in [4.78, 5) is 28.4. The lowest BCUT2D eigenvalue weighted by Crippen LogP contribution is -2.20. The van der Waals surface area contributed by atoms with Crippen molar-refractivity contribution >= 4 is 13.6 Å². The number of carbonyl (C=O) groups is 1. The first-order chi connectivity index (χ1) is 8.39. The number of rotatable bonds is 11. The van der Waals surface area contributed by atoms with Gasteiger partial charge in [0.05, 0.1) is 0 Å². The van der Waals surface area contributed by atoms with Crippen molar-refractivity contribution in [1.29, 1.82) is 0 Å². The number of carboxylic acid groups (broad SMARTS) is 1. The lowest BCUT2D eigenvalue weighted by molar-refractivity contribution is -0.137. The molecule has 0 aromatic heterocycles. The van der Waals surface area contributed by atoms with Gasteiger partial charge in [0, 0.05) is 0 Å². The van der Waals surface area contributed by atoms with Crippen LogP contribution in [0.2, 0.25) is 0 Å². The van der Waals surface area contributed by atoms with Gasteiger partial charge in [0.1, 0.15) is 0 Å². The van der Waals surface area contributed by atoms with Crippen LogP contribution in [0.25, 0.3) is 0 Å². The van der Waals surface area contributed by atoms with Crippen LogP contribution in [0.3, 0.4) is 0 Å². The lowest BCUT2D eigenvalue weighted by Gasteiger charge is -2.13. The Kier molecular flexibility index (Phi) is 9.28. The van der Waals surface area contributed by atoms with Crippen LogP contribution in [-0.4, -0.2) is 33.1 Å². The number of carboxylic acids is 1. The molecule has 6 nitrogen and oxygen atoms in total. The molecule has 0 aromatic carbocycles. The topological polar surface area (TPSA) is 121 Å². The van der Waals surface area contributed by atoms with Gasteiger partial charge in [-0.3, -0.25) is 9.36 Å². The van der Waals surface area contributed by atoms with Crippen LogP contribution in [-0.2, 0) is 9.36 Å². The summed E-state index contributed by atoms with van der Waals surface area (Å²) in [7, 11) is -4.52. The molecule has 0 saturated heterocycles. The maximum atomic E-state index is 10.9. The summed E-state index contributed by atoms with van der Waals surface area (Å²) < 4.78 is 10.9. The summed E-state index contributed by atoms with van der Waals surface area (Å²) in [6.45, 7) is 0.711. The van der Waals surface area contributed by atoms with E-state index in [1.807, 2.05) is 0 Å². The molecule has 0 amide bonds. The molecule has 108 valence electrons. The van der Waals surface area contributed by atoms with Gasteiger partial charge in [-0.2, -0.15) is 0 Å². The Morgan fingerprint density at radius 2 is 1.44 bits per heavy atom. The van der Waals surface area contributed by atoms with E-state index in [0.717, 1.165) is 38.5 Å². The average Bonchev–Trinajstić information content (AvgIpc) is 2.24. The van der Waals surface area contributed by atoms with E-state index in [2.05, 4.69) is 0 Å². The highest BCUT2D eigenvalue weighted by atomic mass is 31.2. The Morgan fingerprint density at radius 1 is 1.00 bits per heavy atom. The fourth-order valence-electron chi connectivity index (χ4n) is 1.80. The van der Waals surface area contributed by atoms with E-state index in [0.29, 0.717) is 13.0 Å². The molecule has 0 aliphatic heterocycles. The predicted octanol–water partition coefficient (Wildman–Crippen LogP) is 1.70. The first-order valence-corrected chi connectivity index (χ1v) is 8.06. The van der Waals surface area contributed by atoms with Gasteiger partial charge in [-0.05, 0) is 19.4 Å². The molecule has 0 rings (SSSR count). The predicted molar refractivity (Wildman–Crippen MR) is 69.5 cm³/mol. The summed E-state index contributed by atoms with van der Waals surface area (Å²) in [6, 6.07) is 0. The summed E-state index contributed by atoms with van der Waals surface area (Å²) in [5.74, 6) is -1.41. The molecule has 7 heteroatoms. The monoisotopic (exact) mass is 281 g/mol. The molecular formula is C11H24NO5P. The average molecular weight is 281 g/mol. The van der Waals surface area contributed by atoms with Crippen LogP contribution in [0.15, 0.2) is 0 Å². The van der Waals surface area contributed by atoms with Crippen LogP contribution in [0.5, 0.6) is 0 Å². The molecule has 0 radical (unpaired) electrons. The summed E-state index contributed by atoms with van der Waals surface area (Å²) in [6.07, 6.45) is 6.67. The SMILES string of the molecule is NCCCCCCCCCC(C(=O)O)P(=O)(O)O. The molecular weight excluding hydrogens is 257 g/mol. The summed E-state index contributed by atoms with van der Waals surface area (Å²) in [5, 5.41) is 8.70. The second-order valence-corrected chi connectivity index (χ2v) is 6.30. The normalized spacial score (nSPS) is 13.5. The van der Waals surface area contributed by atoms with Crippen molar-refractivity contribution in [1.82, 2.24) is 0 Å². The molecule has 5 N–H and O–H groups in total. The molecule has 0 fully saturated rings. The van der Waals surface area contributed by atoms with Crippen molar-refractivity contribution in [2.24, 2.45) is 5.73 Å². The highest BCUT2D eigenvalue weighted by Crippen LogP contribution is 2.43. The largest absolute Gasteiger partial charge is 0.481 e. The van der Waals surface area contributed by atoms with Crippen molar-refractivity contribution in [3.8, 4) is 0 Å². The van der Waals surface area contributed by atoms with Crippen molar-refractivity contribution in [2.45, 2.75) is 57.0 Å². The Bertz CT molecular complexity index is 279. The van der Waals surface area contributed by atoms with Gasteiger partial charge in [-0.1, -0.05) is 38.5 Å². The third-order valence-electron chi connectivity index (χ3n) is 2.87. The van der Waals surface area contributed by atoms with E-state index in [-0.39, 0.29) is 6.42 Å². The molecule has 0 heterocycles. The van der Waals surface area contributed by atoms with Crippen molar-refractivity contribution in [3.05, 3.63) is 0 Å². The van der Waals surface area contributed by atoms with E-state index >= 15 is 0 Å². The van der Waals surface area contributed by atoms with Crippen molar-refractivity contribution < 1.29 is 24.3 Å². The van der Waals surface area contributed by atoms with Crippen molar-refractivity contribution in [2.75, 3.05) is 6.54 Å². The Balaban J connectivity index is 3.63. The maximum absolute atomic E-state index is 10.9. The molecule has 0 saturated carbocycles. The quantitative estimate of drug-likeness (QED) is 0.338. The number of unbranched alkanes of at least 4 members (excludes halogenated alkanes) is 6. The summed E-state index contributed by atoms with van der Waals surface area (Å²) >= 11 is 0. The second kappa shape index (κ2) is 9.50. The number of hydrogen-bond acceptors (Lipinski definition) is 3. The minimum atomic E-state index is -4.52. The molecule has 1 atom stereocenters. The van der Waals surface area contributed by atoms with Crippen LogP contribution in [0.4, 0.5) is 0 Å². The first kappa shape index (κ1) is 17.6. The Morgan fingerprint density at radius 3 is 1.83 bits per heavy atom. The molecule has 18 heavy (non-hydrogen) atoms. The van der Waals surface area contributed by atoms with Gasteiger partial charge in [-0.15, -0.1) is 0 Å². The molecule has 0 spiro atoms. The first-order valence-electron chi connectivity index (χ1n) is 6.37. The van der Waals surface area contributed by atoms with Crippen LogP contribution < -0.4 is 5.73 Å². The fraction of sp³-hybridized carbons (Fsp3) is 0.909. The summed E-state index contributed by atoms with van der Waals surface area (Å²) in [5.41, 5.74) is 3.82. The van der Waals surface area contributed by atoms with Crippen LogP contribution in [0.1, 0.15) is 51.4 Å². The van der Waals surface area contributed by atoms with Gasteiger partial charge >= 0.3 is 13.6 Å². The molecule has 1 unspecified atom stereocenters. The third kappa shape index (κ3) is 8.64. The number of aliphatic carboxylic acids is 1. The van der Waals surface area contributed by atoms with Crippen LogP contribution >= 0.6 is 7.60 Å². The van der Waals surface area contributed by atoms with Gasteiger partial charge < -0.3 is 20.6 Å². The second-order valence-electron chi connectivity index (χ2n) is 4.50. The smallest absolute Gasteiger partial charge is 0.339 e. The molecule has 0 aliphatic rings. The third-order valence-corrected chi connectivity index (χ3v) is 4.16. The standard InChI is InChI=1S/C11H24NO5P/c12-9-7-5-3-1-2-4-6-8-10(11(13)14)18(15,16)17/h10H,1-9,12H2,(H,13,14)(H2,15,16,17). The Hall–Kier alpha value is -0.420. The minimum absolute atomic E-state index is 0.0441. The van der Waals surface area contributed by atoms with Gasteiger partial charge in [0.15, 0.2) is 5.66 Å². The highest BCUT2D eigenvalue weighted by Gasteiger charge is 2.34. The van der Waals surface area contributed by atoms with E-state index < -0.39 is 19.2 Å². The van der Waals surface area contributed by atoms with E-state index in [4.69, 9.17) is 20.6 Å².